The van der Waals surface area contributed by atoms with E-state index >= 15 is 0 Å². The lowest BCUT2D eigenvalue weighted by Crippen LogP contribution is -1.84. The number of nitrogens with one attached hydrogen (secondary N) is 1. The number of H-pyrrole nitrogens is 1. The highest BCUT2D eigenvalue weighted by Crippen LogP contribution is 2.26. The summed E-state index contributed by atoms with van der Waals surface area (Å²) < 4.78 is 5.23. The Morgan fingerprint density at radius 1 is 1.00 bits per heavy atom. The molecule has 100 valence electrons. The van der Waals surface area contributed by atoms with E-state index in [4.69, 9.17) is 10.5 Å². The number of methoxy groups -OCH3 is 1. The van der Waals surface area contributed by atoms with Gasteiger partial charge in [-0.15, -0.1) is 0 Å². The summed E-state index contributed by atoms with van der Waals surface area (Å²) in [6.07, 6.45) is 0. The molecule has 0 fully saturated rings. The van der Waals surface area contributed by atoms with E-state index in [9.17, 15) is 0 Å². The maximum absolute atomic E-state index is 5.80. The summed E-state index contributed by atoms with van der Waals surface area (Å²) in [7, 11) is 1.66. The number of aromatic amines is 1. The van der Waals surface area contributed by atoms with Crippen LogP contribution in [0.3, 0.4) is 0 Å². The second kappa shape index (κ2) is 5.09. The minimum atomic E-state index is 0.730. The number of nitrogen functional groups attached to an aromatic ring is 1. The normalized spacial score (nSPS) is 10.4. The molecule has 0 unspecified atom stereocenters. The third kappa shape index (κ3) is 2.36. The number of nitrogens with two attached hydrogens (primary N) is 1. The van der Waals surface area contributed by atoms with Crippen molar-refractivity contribution in [1.82, 2.24) is 10.2 Å². The second-order valence-electron chi connectivity index (χ2n) is 4.52. The number of ether oxygens (including phenoxy) is 1. The Bertz CT molecular complexity index is 734. The second-order valence-corrected chi connectivity index (χ2v) is 4.52. The van der Waals surface area contributed by atoms with Crippen molar-refractivity contribution in [2.45, 2.75) is 0 Å². The summed E-state index contributed by atoms with van der Waals surface area (Å²) in [6.45, 7) is 0. The van der Waals surface area contributed by atoms with E-state index in [1.165, 1.54) is 0 Å². The predicted molar refractivity (Wildman–Crippen MR) is 80.4 cm³/mol. The van der Waals surface area contributed by atoms with Crippen LogP contribution in [0, 0.1) is 0 Å². The molecular formula is C16H15N3O. The lowest BCUT2D eigenvalue weighted by atomic mass is 10.1. The van der Waals surface area contributed by atoms with E-state index in [1.807, 2.05) is 54.6 Å². The van der Waals surface area contributed by atoms with Crippen LogP contribution in [-0.2, 0) is 0 Å². The number of aromatic nitrogens is 2. The fourth-order valence-electron chi connectivity index (χ4n) is 2.11. The molecule has 4 heteroatoms. The van der Waals surface area contributed by atoms with Crippen molar-refractivity contribution in [3.8, 4) is 28.3 Å². The zero-order valence-electron chi connectivity index (χ0n) is 11.1. The van der Waals surface area contributed by atoms with E-state index in [0.717, 1.165) is 34.0 Å². The van der Waals surface area contributed by atoms with E-state index in [-0.39, 0.29) is 0 Å². The molecule has 0 aliphatic rings. The van der Waals surface area contributed by atoms with Crippen LogP contribution in [0.5, 0.6) is 5.75 Å². The molecule has 2 aromatic carbocycles. The largest absolute Gasteiger partial charge is 0.497 e. The van der Waals surface area contributed by atoms with Crippen LogP contribution in [0.15, 0.2) is 54.6 Å². The van der Waals surface area contributed by atoms with Crippen LogP contribution in [0.2, 0.25) is 0 Å². The van der Waals surface area contributed by atoms with Crippen molar-refractivity contribution >= 4 is 5.69 Å². The van der Waals surface area contributed by atoms with Gasteiger partial charge in [0.15, 0.2) is 0 Å². The van der Waals surface area contributed by atoms with Gasteiger partial charge in [-0.3, -0.25) is 5.10 Å². The van der Waals surface area contributed by atoms with E-state index in [0.29, 0.717) is 0 Å². The summed E-state index contributed by atoms with van der Waals surface area (Å²) in [6, 6.07) is 17.5. The third-order valence-electron chi connectivity index (χ3n) is 3.14. The number of rotatable bonds is 3. The Balaban J connectivity index is 1.97. The van der Waals surface area contributed by atoms with Crippen LogP contribution in [0.25, 0.3) is 22.5 Å². The molecule has 3 rings (SSSR count). The van der Waals surface area contributed by atoms with Gasteiger partial charge < -0.3 is 10.5 Å². The smallest absolute Gasteiger partial charge is 0.119 e. The Kier molecular flexibility index (Phi) is 3.13. The lowest BCUT2D eigenvalue weighted by molar-refractivity contribution is 0.415. The molecule has 0 bridgehead atoms. The van der Waals surface area contributed by atoms with Gasteiger partial charge in [-0.1, -0.05) is 24.3 Å². The molecule has 1 aromatic heterocycles. The zero-order chi connectivity index (χ0) is 13.9. The molecule has 3 aromatic rings. The number of hydrogen-bond donors (Lipinski definition) is 2. The molecule has 0 saturated heterocycles. The molecule has 0 aliphatic carbocycles. The fourth-order valence-corrected chi connectivity index (χ4v) is 2.11. The maximum Gasteiger partial charge on any atom is 0.119 e. The Labute approximate surface area is 117 Å². The van der Waals surface area contributed by atoms with Gasteiger partial charge in [-0.2, -0.15) is 5.10 Å². The first-order valence-electron chi connectivity index (χ1n) is 6.32. The Morgan fingerprint density at radius 2 is 1.80 bits per heavy atom. The first-order valence-corrected chi connectivity index (χ1v) is 6.32. The highest BCUT2D eigenvalue weighted by atomic mass is 16.5. The van der Waals surface area contributed by atoms with Crippen LogP contribution in [-0.4, -0.2) is 17.3 Å². The van der Waals surface area contributed by atoms with Crippen molar-refractivity contribution < 1.29 is 4.74 Å². The Morgan fingerprint density at radius 3 is 2.60 bits per heavy atom. The van der Waals surface area contributed by atoms with Gasteiger partial charge in [-0.05, 0) is 30.3 Å². The highest BCUT2D eigenvalue weighted by Gasteiger charge is 2.06. The van der Waals surface area contributed by atoms with Crippen LogP contribution < -0.4 is 10.5 Å². The van der Waals surface area contributed by atoms with Gasteiger partial charge in [-0.25, -0.2) is 0 Å². The van der Waals surface area contributed by atoms with Crippen molar-refractivity contribution in [2.24, 2.45) is 0 Å². The topological polar surface area (TPSA) is 63.9 Å². The van der Waals surface area contributed by atoms with Crippen molar-refractivity contribution in [3.63, 3.8) is 0 Å². The van der Waals surface area contributed by atoms with Gasteiger partial charge in [0.1, 0.15) is 5.75 Å². The first-order chi connectivity index (χ1) is 9.76. The summed E-state index contributed by atoms with van der Waals surface area (Å²) in [5.74, 6) is 0.822. The average molecular weight is 265 g/mol. The van der Waals surface area contributed by atoms with Gasteiger partial charge in [0.05, 0.1) is 18.5 Å². The molecule has 0 aliphatic heterocycles. The number of nitrogens with zero attached hydrogens (tertiary/aromatic N) is 1. The molecule has 0 radical (unpaired) electrons. The Hall–Kier alpha value is -2.75. The first kappa shape index (κ1) is 12.3. The monoisotopic (exact) mass is 265 g/mol. The van der Waals surface area contributed by atoms with Crippen molar-refractivity contribution in [2.75, 3.05) is 12.8 Å². The third-order valence-corrected chi connectivity index (χ3v) is 3.14. The molecule has 0 amide bonds. The van der Waals surface area contributed by atoms with Crippen molar-refractivity contribution in [3.05, 3.63) is 54.6 Å². The van der Waals surface area contributed by atoms with Gasteiger partial charge >= 0.3 is 0 Å². The summed E-state index contributed by atoms with van der Waals surface area (Å²) in [5, 5.41) is 7.38. The molecule has 4 nitrogen and oxygen atoms in total. The standard InChI is InChI=1S/C16H15N3O/c1-20-14-7-3-5-12(9-14)16-10-15(18-19-16)11-4-2-6-13(17)8-11/h2-10H,17H2,1H3,(H,18,19). The van der Waals surface area contributed by atoms with Gasteiger partial charge in [0.2, 0.25) is 0 Å². The summed E-state index contributed by atoms with van der Waals surface area (Å²) in [4.78, 5) is 0. The SMILES string of the molecule is COc1cccc(-c2cc(-c3cccc(N)c3)n[nH]2)c1. The van der Waals surface area contributed by atoms with Gasteiger partial charge in [0, 0.05) is 16.8 Å². The molecule has 0 spiro atoms. The molecule has 20 heavy (non-hydrogen) atoms. The number of benzene rings is 2. The van der Waals surface area contributed by atoms with Crippen molar-refractivity contribution in [1.29, 1.82) is 0 Å². The lowest BCUT2D eigenvalue weighted by Gasteiger charge is -2.01. The predicted octanol–water partition coefficient (Wildman–Crippen LogP) is 3.33. The number of anilines is 1. The van der Waals surface area contributed by atoms with Crippen LogP contribution in [0.4, 0.5) is 5.69 Å². The van der Waals surface area contributed by atoms with Crippen LogP contribution in [0.1, 0.15) is 0 Å². The van der Waals surface area contributed by atoms with Crippen LogP contribution >= 0.6 is 0 Å². The highest BCUT2D eigenvalue weighted by molar-refractivity contribution is 5.70. The molecule has 1 heterocycles. The average Bonchev–Trinajstić information content (AvgIpc) is 2.97. The van der Waals surface area contributed by atoms with E-state index in [1.54, 1.807) is 7.11 Å². The maximum atomic E-state index is 5.80. The number of hydrogen-bond acceptors (Lipinski definition) is 3. The quantitative estimate of drug-likeness (QED) is 0.714. The molecule has 0 saturated carbocycles. The van der Waals surface area contributed by atoms with E-state index in [2.05, 4.69) is 10.2 Å². The summed E-state index contributed by atoms with van der Waals surface area (Å²) in [5.41, 5.74) is 10.4. The fraction of sp³-hybridized carbons (Fsp3) is 0.0625. The minimum absolute atomic E-state index is 0.730. The molecular weight excluding hydrogens is 250 g/mol. The van der Waals surface area contributed by atoms with E-state index < -0.39 is 0 Å². The van der Waals surface area contributed by atoms with Gasteiger partial charge in [0.25, 0.3) is 0 Å². The summed E-state index contributed by atoms with van der Waals surface area (Å²) >= 11 is 0. The zero-order valence-corrected chi connectivity index (χ0v) is 11.1. The molecule has 0 atom stereocenters. The molecule has 3 N–H and O–H groups in total. The minimum Gasteiger partial charge on any atom is -0.497 e.